The average Bonchev–Trinajstić information content (AvgIpc) is 2.66. The van der Waals surface area contributed by atoms with Gasteiger partial charge >= 0.3 is 0 Å². The van der Waals surface area contributed by atoms with Crippen LogP contribution in [0.5, 0.6) is 5.75 Å². The number of nitrogens with zero attached hydrogens (tertiary/aromatic N) is 3. The van der Waals surface area contributed by atoms with E-state index in [0.717, 1.165) is 30.7 Å². The van der Waals surface area contributed by atoms with Gasteiger partial charge in [0.25, 0.3) is 5.91 Å². The maximum Gasteiger partial charge on any atom is 0.251 e. The Kier molecular flexibility index (Phi) is 5.62. The van der Waals surface area contributed by atoms with Crippen molar-refractivity contribution >= 4 is 11.7 Å². The number of aromatic nitrogens is 2. The van der Waals surface area contributed by atoms with Gasteiger partial charge in [-0.3, -0.25) is 4.79 Å². The normalized spacial score (nSPS) is 14.2. The fraction of sp³-hybridized carbons (Fsp3) is 0.389. The van der Waals surface area contributed by atoms with Gasteiger partial charge in [0.15, 0.2) is 11.6 Å². The first-order valence-electron chi connectivity index (χ1n) is 8.36. The van der Waals surface area contributed by atoms with Crippen LogP contribution >= 0.6 is 0 Å². The number of hydrogen-bond acceptors (Lipinski definition) is 6. The minimum atomic E-state index is -0.582. The third-order valence-electron chi connectivity index (χ3n) is 4.04. The summed E-state index contributed by atoms with van der Waals surface area (Å²) in [4.78, 5) is 23.2. The summed E-state index contributed by atoms with van der Waals surface area (Å²) in [5.74, 6) is 0.444. The van der Waals surface area contributed by atoms with E-state index in [4.69, 9.17) is 9.47 Å². The molecule has 0 aliphatic carbocycles. The fourth-order valence-electron chi connectivity index (χ4n) is 2.71. The number of anilines is 1. The van der Waals surface area contributed by atoms with Gasteiger partial charge in [0, 0.05) is 30.4 Å². The summed E-state index contributed by atoms with van der Waals surface area (Å²) in [6.45, 7) is 4.92. The van der Waals surface area contributed by atoms with Crippen molar-refractivity contribution < 1.29 is 18.7 Å². The van der Waals surface area contributed by atoms with Crippen LogP contribution in [0.2, 0.25) is 0 Å². The first-order chi connectivity index (χ1) is 12.6. The molecule has 3 rings (SSSR count). The molecular weight excluding hydrogens is 339 g/mol. The Morgan fingerprint density at radius 1 is 1.31 bits per heavy atom. The number of hydrogen-bond donors (Lipinski definition) is 1. The van der Waals surface area contributed by atoms with Crippen LogP contribution in [0.3, 0.4) is 0 Å². The number of benzene rings is 1. The van der Waals surface area contributed by atoms with Crippen LogP contribution in [-0.4, -0.2) is 49.3 Å². The van der Waals surface area contributed by atoms with Crippen molar-refractivity contribution in [1.82, 2.24) is 15.3 Å². The van der Waals surface area contributed by atoms with E-state index in [9.17, 15) is 9.18 Å². The number of carbonyl (C=O) groups is 1. The molecule has 1 aliphatic rings. The molecule has 1 aromatic carbocycles. The second kappa shape index (κ2) is 8.09. The zero-order chi connectivity index (χ0) is 18.5. The lowest BCUT2D eigenvalue weighted by atomic mass is 10.2. The number of aryl methyl sites for hydroxylation is 1. The molecule has 1 aromatic heterocycles. The van der Waals surface area contributed by atoms with Crippen LogP contribution in [0, 0.1) is 12.7 Å². The van der Waals surface area contributed by atoms with Gasteiger partial charge in [-0.15, -0.1) is 0 Å². The molecule has 26 heavy (non-hydrogen) atoms. The quantitative estimate of drug-likeness (QED) is 0.875. The van der Waals surface area contributed by atoms with Crippen LogP contribution in [-0.2, 0) is 11.3 Å². The molecule has 2 heterocycles. The third kappa shape index (κ3) is 4.26. The average molecular weight is 360 g/mol. The van der Waals surface area contributed by atoms with Crippen LogP contribution in [0.4, 0.5) is 10.2 Å². The van der Waals surface area contributed by atoms with Gasteiger partial charge in [0.1, 0.15) is 11.6 Å². The van der Waals surface area contributed by atoms with Crippen LogP contribution < -0.4 is 15.0 Å². The first kappa shape index (κ1) is 18.1. The van der Waals surface area contributed by atoms with E-state index in [0.29, 0.717) is 19.0 Å². The number of morpholine rings is 1. The topological polar surface area (TPSA) is 76.6 Å². The molecule has 2 aromatic rings. The maximum absolute atomic E-state index is 13.7. The molecule has 0 atom stereocenters. The summed E-state index contributed by atoms with van der Waals surface area (Å²) < 4.78 is 23.9. The highest BCUT2D eigenvalue weighted by molar-refractivity contribution is 5.94. The van der Waals surface area contributed by atoms with Crippen molar-refractivity contribution in [2.45, 2.75) is 13.5 Å². The number of nitrogens with one attached hydrogen (secondary N) is 1. The number of carbonyl (C=O) groups excluding carboxylic acids is 1. The molecule has 0 unspecified atom stereocenters. The van der Waals surface area contributed by atoms with E-state index < -0.39 is 11.7 Å². The lowest BCUT2D eigenvalue weighted by Crippen LogP contribution is -2.37. The minimum absolute atomic E-state index is 0.0960. The van der Waals surface area contributed by atoms with E-state index in [1.54, 1.807) is 0 Å². The van der Waals surface area contributed by atoms with Gasteiger partial charge in [-0.1, -0.05) is 0 Å². The molecule has 1 fully saturated rings. The maximum atomic E-state index is 13.7. The summed E-state index contributed by atoms with van der Waals surface area (Å²) in [6, 6.07) is 5.98. The van der Waals surface area contributed by atoms with E-state index in [-0.39, 0.29) is 17.9 Å². The lowest BCUT2D eigenvalue weighted by Gasteiger charge is -2.28. The van der Waals surface area contributed by atoms with Crippen molar-refractivity contribution in [3.8, 4) is 5.75 Å². The van der Waals surface area contributed by atoms with Crippen molar-refractivity contribution in [3.05, 3.63) is 47.2 Å². The summed E-state index contributed by atoms with van der Waals surface area (Å²) >= 11 is 0. The highest BCUT2D eigenvalue weighted by atomic mass is 19.1. The molecule has 138 valence electrons. The molecular formula is C18H21FN4O3. The summed E-state index contributed by atoms with van der Waals surface area (Å²) in [5.41, 5.74) is 1.03. The third-order valence-corrected chi connectivity index (χ3v) is 4.04. The standard InChI is InChI=1S/C18H21FN4O3/c1-12-9-17(23-5-7-26-8-6-23)22-16(21-12)11-20-18(24)13-3-4-15(25-2)14(19)10-13/h3-4,9-10H,5-8,11H2,1-2H3,(H,20,24). The molecule has 1 saturated heterocycles. The zero-order valence-electron chi connectivity index (χ0n) is 14.8. The second-order valence-corrected chi connectivity index (χ2v) is 5.92. The fourth-order valence-corrected chi connectivity index (χ4v) is 2.71. The highest BCUT2D eigenvalue weighted by Gasteiger charge is 2.15. The Labute approximate surface area is 151 Å². The largest absolute Gasteiger partial charge is 0.494 e. The molecule has 0 bridgehead atoms. The Hall–Kier alpha value is -2.74. The Balaban J connectivity index is 1.68. The van der Waals surface area contributed by atoms with Crippen molar-refractivity contribution in [2.75, 3.05) is 38.3 Å². The zero-order valence-corrected chi connectivity index (χ0v) is 14.8. The number of ether oxygens (including phenoxy) is 2. The van der Waals surface area contributed by atoms with Crippen molar-refractivity contribution in [2.24, 2.45) is 0 Å². The van der Waals surface area contributed by atoms with E-state index in [1.807, 2.05) is 13.0 Å². The Morgan fingerprint density at radius 3 is 2.77 bits per heavy atom. The molecule has 0 saturated carbocycles. The molecule has 8 heteroatoms. The number of amides is 1. The predicted molar refractivity (Wildman–Crippen MR) is 93.9 cm³/mol. The summed E-state index contributed by atoms with van der Waals surface area (Å²) in [6.07, 6.45) is 0. The predicted octanol–water partition coefficient (Wildman–Crippen LogP) is 1.70. The molecule has 7 nitrogen and oxygen atoms in total. The molecule has 0 spiro atoms. The van der Waals surface area contributed by atoms with Gasteiger partial charge in [0.05, 0.1) is 26.9 Å². The summed E-state index contributed by atoms with van der Waals surface area (Å²) in [7, 11) is 1.37. The Morgan fingerprint density at radius 2 is 2.08 bits per heavy atom. The summed E-state index contributed by atoms with van der Waals surface area (Å²) in [5, 5.41) is 2.72. The molecule has 1 amide bonds. The van der Waals surface area contributed by atoms with Gasteiger partial charge in [-0.05, 0) is 25.1 Å². The van der Waals surface area contributed by atoms with Crippen molar-refractivity contribution in [1.29, 1.82) is 0 Å². The van der Waals surface area contributed by atoms with Crippen LogP contribution in [0.25, 0.3) is 0 Å². The van der Waals surface area contributed by atoms with Crippen molar-refractivity contribution in [3.63, 3.8) is 0 Å². The van der Waals surface area contributed by atoms with E-state index >= 15 is 0 Å². The van der Waals surface area contributed by atoms with E-state index in [1.165, 1.54) is 19.2 Å². The molecule has 0 radical (unpaired) electrons. The van der Waals surface area contributed by atoms with Crippen LogP contribution in [0.15, 0.2) is 24.3 Å². The lowest BCUT2D eigenvalue weighted by molar-refractivity contribution is 0.0949. The van der Waals surface area contributed by atoms with Gasteiger partial charge < -0.3 is 19.7 Å². The highest BCUT2D eigenvalue weighted by Crippen LogP contribution is 2.18. The second-order valence-electron chi connectivity index (χ2n) is 5.92. The van der Waals surface area contributed by atoms with Gasteiger partial charge in [-0.25, -0.2) is 14.4 Å². The minimum Gasteiger partial charge on any atom is -0.494 e. The Bertz CT molecular complexity index is 794. The van der Waals surface area contributed by atoms with Gasteiger partial charge in [0.2, 0.25) is 0 Å². The van der Waals surface area contributed by atoms with E-state index in [2.05, 4.69) is 20.2 Å². The van der Waals surface area contributed by atoms with Gasteiger partial charge in [-0.2, -0.15) is 0 Å². The smallest absolute Gasteiger partial charge is 0.251 e. The number of rotatable bonds is 5. The number of halogens is 1. The SMILES string of the molecule is COc1ccc(C(=O)NCc2nc(C)cc(N3CCOCC3)n2)cc1F. The van der Waals surface area contributed by atoms with Crippen LogP contribution in [0.1, 0.15) is 21.9 Å². The monoisotopic (exact) mass is 360 g/mol. The first-order valence-corrected chi connectivity index (χ1v) is 8.36. The molecule has 1 aliphatic heterocycles. The number of methoxy groups -OCH3 is 1. The molecule has 1 N–H and O–H groups in total.